The van der Waals surface area contributed by atoms with Crippen molar-refractivity contribution in [1.29, 1.82) is 0 Å². The van der Waals surface area contributed by atoms with Crippen molar-refractivity contribution >= 4 is 122 Å². The molecule has 0 unspecified atom stereocenters. The zero-order valence-corrected chi connectivity index (χ0v) is 36.7. The highest BCUT2D eigenvalue weighted by Crippen LogP contribution is 2.64. The molecule has 3 nitrogen and oxygen atoms in total. The molecule has 2 aliphatic heterocycles. The van der Waals surface area contributed by atoms with E-state index < -0.39 is 7.14 Å². The van der Waals surface area contributed by atoms with Crippen LogP contribution in [0.4, 0.5) is 34.1 Å². The van der Waals surface area contributed by atoms with Crippen LogP contribution in [-0.2, 0) is 15.4 Å². The first-order valence-electron chi connectivity index (χ1n) is 21.9. The number of hydrogen-bond donors (Lipinski definition) is 0. The van der Waals surface area contributed by atoms with Crippen LogP contribution in [0.3, 0.4) is 0 Å². The average molecular weight is 817 g/mol. The molecule has 0 fully saturated rings. The molecule has 0 N–H and O–H groups in total. The van der Waals surface area contributed by atoms with Crippen molar-refractivity contribution in [2.24, 2.45) is 0 Å². The van der Waals surface area contributed by atoms with Crippen LogP contribution in [0.15, 0.2) is 164 Å². The lowest BCUT2D eigenvalue weighted by Gasteiger charge is -2.45. The van der Waals surface area contributed by atoms with E-state index in [4.69, 9.17) is 0 Å². The molecule has 0 saturated carbocycles. The summed E-state index contributed by atoms with van der Waals surface area (Å²) in [5.74, 6) is 0. The summed E-state index contributed by atoms with van der Waals surface area (Å²) in [6.45, 7) is 13.6. The minimum absolute atomic E-state index is 0.00343. The number of benzene rings is 11. The van der Waals surface area contributed by atoms with Gasteiger partial charge in [-0.3, -0.25) is 0 Å². The van der Waals surface area contributed by atoms with E-state index in [0.717, 1.165) is 71.6 Å². The lowest BCUT2D eigenvalue weighted by atomic mass is 9.87. The number of hydrogen-bond acceptors (Lipinski definition) is 3. The van der Waals surface area contributed by atoms with Crippen molar-refractivity contribution in [1.82, 2.24) is 0 Å². The minimum Gasteiger partial charge on any atom is -0.308 e. The van der Waals surface area contributed by atoms with Crippen LogP contribution >= 0.6 is 7.14 Å². The van der Waals surface area contributed by atoms with Gasteiger partial charge in [-0.05, 0) is 124 Å². The first-order valence-corrected chi connectivity index (χ1v) is 23.6. The van der Waals surface area contributed by atoms with Gasteiger partial charge in [0.05, 0.1) is 28.1 Å². The molecule has 0 radical (unpaired) electrons. The van der Waals surface area contributed by atoms with Crippen LogP contribution < -0.4 is 25.7 Å². The lowest BCUT2D eigenvalue weighted by molar-refractivity contribution is 0.590. The highest BCUT2D eigenvalue weighted by atomic mass is 31.2. The average Bonchev–Trinajstić information content (AvgIpc) is 3.27. The molecular weight excluding hydrogens is 772 g/mol. The Labute approximate surface area is 361 Å². The molecule has 11 aromatic rings. The Morgan fingerprint density at radius 1 is 0.387 bits per heavy atom. The van der Waals surface area contributed by atoms with E-state index >= 15 is 4.57 Å². The second kappa shape index (κ2) is 12.0. The largest absolute Gasteiger partial charge is 0.308 e. The van der Waals surface area contributed by atoms with Crippen molar-refractivity contribution in [2.75, 3.05) is 9.80 Å². The molecule has 0 amide bonds. The van der Waals surface area contributed by atoms with Gasteiger partial charge < -0.3 is 14.4 Å². The molecule has 0 aromatic heterocycles. The van der Waals surface area contributed by atoms with Gasteiger partial charge in [-0.15, -0.1) is 0 Å². The molecule has 0 spiro atoms. The predicted octanol–water partition coefficient (Wildman–Crippen LogP) is 15.3. The van der Waals surface area contributed by atoms with Gasteiger partial charge in [0.1, 0.15) is 0 Å². The number of fused-ring (bicyclic) bond motifs is 6. The Morgan fingerprint density at radius 2 is 0.742 bits per heavy atom. The predicted molar refractivity (Wildman–Crippen MR) is 267 cm³/mol. The molecule has 11 aromatic carbocycles. The molecule has 298 valence electrons. The Balaban J connectivity index is 1.21. The number of anilines is 6. The Kier molecular flexibility index (Phi) is 6.99. The Morgan fingerprint density at radius 3 is 1.13 bits per heavy atom. The maximum Gasteiger partial charge on any atom is 0.179 e. The van der Waals surface area contributed by atoms with E-state index in [9.17, 15) is 0 Å². The van der Waals surface area contributed by atoms with Crippen LogP contribution in [0.1, 0.15) is 52.7 Å². The van der Waals surface area contributed by atoms with Crippen molar-refractivity contribution < 1.29 is 4.57 Å². The molecule has 2 aliphatic rings. The van der Waals surface area contributed by atoms with Crippen LogP contribution in [0, 0.1) is 0 Å². The van der Waals surface area contributed by atoms with Gasteiger partial charge in [0.2, 0.25) is 0 Å². The third-order valence-electron chi connectivity index (χ3n) is 14.1. The second-order valence-electron chi connectivity index (χ2n) is 19.7. The molecule has 2 heterocycles. The first kappa shape index (κ1) is 36.0. The fraction of sp³-hybridized carbons (Fsp3) is 0.138. The summed E-state index contributed by atoms with van der Waals surface area (Å²) in [5.41, 5.74) is 8.58. The van der Waals surface area contributed by atoms with E-state index in [-0.39, 0.29) is 10.8 Å². The summed E-state index contributed by atoms with van der Waals surface area (Å²) < 4.78 is 17.7. The molecule has 0 saturated heterocycles. The molecule has 62 heavy (non-hydrogen) atoms. The molecule has 4 heteroatoms. The monoisotopic (exact) mass is 816 g/mol. The standard InChI is InChI=1S/C58H45N2OP/c1-57(2,3)40-22-26-42(27-23-40)59-46-14-9-15-47-56(46)62(61,48-32-38-18-16-34-10-7-12-36-20-30-44(54(48)59)52(38)50(34)36)49-33-39-19-17-35-11-8-13-37-21-31-45(53(39)51(35)37)55(49)60(47)43-28-24-41(25-29-43)58(4,5)6/h7-33H,1-6H3. The number of nitrogens with zero attached hydrogens (tertiary/aromatic N) is 2. The third kappa shape index (κ3) is 4.64. The summed E-state index contributed by atoms with van der Waals surface area (Å²) in [6.07, 6.45) is 0. The third-order valence-corrected chi connectivity index (χ3v) is 17.2. The quantitative estimate of drug-likeness (QED) is 0.128. The normalized spacial score (nSPS) is 14.7. The van der Waals surface area contributed by atoms with Crippen LogP contribution in [0.2, 0.25) is 0 Å². The van der Waals surface area contributed by atoms with E-state index in [0.29, 0.717) is 0 Å². The molecular formula is C58H45N2OP. The minimum atomic E-state index is -3.62. The zero-order valence-electron chi connectivity index (χ0n) is 35.8. The van der Waals surface area contributed by atoms with Crippen molar-refractivity contribution in [3.05, 3.63) is 175 Å². The second-order valence-corrected chi connectivity index (χ2v) is 22.3. The van der Waals surface area contributed by atoms with Crippen molar-refractivity contribution in [2.45, 2.75) is 52.4 Å². The Hall–Kier alpha value is -6.67. The summed E-state index contributed by atoms with van der Waals surface area (Å²) in [7, 11) is -3.62. The van der Waals surface area contributed by atoms with Gasteiger partial charge in [-0.25, -0.2) is 0 Å². The summed E-state index contributed by atoms with van der Waals surface area (Å²) in [6, 6.07) is 60.5. The summed E-state index contributed by atoms with van der Waals surface area (Å²) in [4.78, 5) is 4.86. The first-order chi connectivity index (χ1) is 29.9. The van der Waals surface area contributed by atoms with E-state index in [1.54, 1.807) is 0 Å². The molecule has 13 rings (SSSR count). The van der Waals surface area contributed by atoms with E-state index in [1.807, 2.05) is 0 Å². The lowest BCUT2D eigenvalue weighted by Crippen LogP contribution is -2.43. The van der Waals surface area contributed by atoms with Gasteiger partial charge in [-0.1, -0.05) is 157 Å². The maximum absolute atomic E-state index is 17.7. The topological polar surface area (TPSA) is 23.6 Å². The van der Waals surface area contributed by atoms with Gasteiger partial charge >= 0.3 is 0 Å². The maximum atomic E-state index is 17.7. The zero-order chi connectivity index (χ0) is 42.0. The molecule has 0 bridgehead atoms. The molecule has 0 atom stereocenters. The van der Waals surface area contributed by atoms with Gasteiger partial charge in [0, 0.05) is 32.8 Å². The van der Waals surface area contributed by atoms with Gasteiger partial charge in [0.25, 0.3) is 0 Å². The fourth-order valence-electron chi connectivity index (χ4n) is 11.1. The van der Waals surface area contributed by atoms with Crippen LogP contribution in [0.5, 0.6) is 0 Å². The smallest absolute Gasteiger partial charge is 0.179 e. The summed E-state index contributed by atoms with van der Waals surface area (Å²) in [5, 5.41) is 16.9. The van der Waals surface area contributed by atoms with E-state index in [1.165, 1.54) is 54.2 Å². The Bertz CT molecular complexity index is 3470. The SMILES string of the molecule is CC(C)(C)c1ccc(N2c3cccc4c3P(=O)(c3cc5ccc6cccc7ccc(c32)c5c67)c2cc3ccc5cccc6ccc(c2N4c2ccc(C(C)(C)C)cc2)c3c56)cc1. The van der Waals surface area contributed by atoms with Gasteiger partial charge in [0.15, 0.2) is 7.14 Å². The van der Waals surface area contributed by atoms with Crippen LogP contribution in [0.25, 0.3) is 64.6 Å². The number of rotatable bonds is 2. The summed E-state index contributed by atoms with van der Waals surface area (Å²) >= 11 is 0. The highest BCUT2D eigenvalue weighted by molar-refractivity contribution is 7.86. The molecule has 0 aliphatic carbocycles. The van der Waals surface area contributed by atoms with Crippen molar-refractivity contribution in [3.63, 3.8) is 0 Å². The van der Waals surface area contributed by atoms with E-state index in [2.05, 4.69) is 215 Å². The van der Waals surface area contributed by atoms with Gasteiger partial charge in [-0.2, -0.15) is 0 Å². The van der Waals surface area contributed by atoms with Crippen LogP contribution in [-0.4, -0.2) is 0 Å². The highest BCUT2D eigenvalue weighted by Gasteiger charge is 2.50. The fourth-order valence-corrected chi connectivity index (χ4v) is 14.5. The van der Waals surface area contributed by atoms with Crippen molar-refractivity contribution in [3.8, 4) is 0 Å².